The predicted molar refractivity (Wildman–Crippen MR) is 47.9 cm³/mol. The lowest BCUT2D eigenvalue weighted by molar-refractivity contribution is 0.400. The van der Waals surface area contributed by atoms with Crippen LogP contribution in [0.15, 0.2) is 12.3 Å². The van der Waals surface area contributed by atoms with Gasteiger partial charge in [0.15, 0.2) is 0 Å². The second kappa shape index (κ2) is 3.05. The van der Waals surface area contributed by atoms with Gasteiger partial charge in [0.25, 0.3) is 0 Å². The van der Waals surface area contributed by atoms with Crippen molar-refractivity contribution in [2.75, 3.05) is 12.8 Å². The quantitative estimate of drug-likeness (QED) is 0.763. The molecule has 1 aromatic heterocycles. The third-order valence-electron chi connectivity index (χ3n) is 1.04. The highest BCUT2D eigenvalue weighted by Gasteiger charge is 1.98. The van der Waals surface area contributed by atoms with Crippen LogP contribution in [0.25, 0.3) is 0 Å². The fourth-order valence-electron chi connectivity index (χ4n) is 0.613. The van der Waals surface area contributed by atoms with Crippen LogP contribution in [0.5, 0.6) is 5.88 Å². The van der Waals surface area contributed by atoms with Crippen LogP contribution in [0.4, 0.5) is 5.69 Å². The van der Waals surface area contributed by atoms with Crippen molar-refractivity contribution in [2.24, 2.45) is 0 Å². The van der Waals surface area contributed by atoms with Crippen molar-refractivity contribution in [3.63, 3.8) is 0 Å². The summed E-state index contributed by atoms with van der Waals surface area (Å²) in [6.45, 7) is 0. The third kappa shape index (κ3) is 1.50. The van der Waals surface area contributed by atoms with Gasteiger partial charge in [-0.1, -0.05) is 0 Å². The van der Waals surface area contributed by atoms with Gasteiger partial charge in [-0.25, -0.2) is 4.98 Å². The summed E-state index contributed by atoms with van der Waals surface area (Å²) in [5, 5.41) is 0. The lowest BCUT2D eigenvalue weighted by Gasteiger charge is -2.01. The van der Waals surface area contributed by atoms with Gasteiger partial charge in [-0.2, -0.15) is 0 Å². The Morgan fingerprint density at radius 3 is 2.90 bits per heavy atom. The van der Waals surface area contributed by atoms with Crippen molar-refractivity contribution in [3.05, 3.63) is 15.8 Å². The number of nitrogens with two attached hydrogens (primary N) is 1. The largest absolute Gasteiger partial charge is 0.480 e. The fraction of sp³-hybridized carbons (Fsp3) is 0.167. The van der Waals surface area contributed by atoms with Crippen LogP contribution in [-0.2, 0) is 0 Å². The molecule has 0 spiro atoms. The van der Waals surface area contributed by atoms with Gasteiger partial charge in [-0.3, -0.25) is 0 Å². The van der Waals surface area contributed by atoms with E-state index < -0.39 is 0 Å². The molecular weight excluding hydrogens is 243 g/mol. The molecule has 1 heterocycles. The first-order chi connectivity index (χ1) is 4.74. The van der Waals surface area contributed by atoms with E-state index in [9.17, 15) is 0 Å². The molecule has 3 nitrogen and oxygen atoms in total. The van der Waals surface area contributed by atoms with Crippen LogP contribution >= 0.6 is 22.6 Å². The minimum absolute atomic E-state index is 0.486. The van der Waals surface area contributed by atoms with Crippen molar-refractivity contribution < 1.29 is 4.74 Å². The summed E-state index contributed by atoms with van der Waals surface area (Å²) >= 11 is 2.14. The number of methoxy groups -OCH3 is 1. The second-order valence-electron chi connectivity index (χ2n) is 1.75. The molecule has 0 bridgehead atoms. The number of halogens is 1. The van der Waals surface area contributed by atoms with Crippen molar-refractivity contribution in [1.82, 2.24) is 4.98 Å². The summed E-state index contributed by atoms with van der Waals surface area (Å²) in [6.07, 6.45) is 1.70. The Hall–Kier alpha value is -0.520. The highest BCUT2D eigenvalue weighted by Crippen LogP contribution is 2.18. The first-order valence-corrected chi connectivity index (χ1v) is 3.77. The van der Waals surface area contributed by atoms with Gasteiger partial charge in [0.2, 0.25) is 5.88 Å². The molecule has 0 aliphatic rings. The Kier molecular flexibility index (Phi) is 2.31. The summed E-state index contributed by atoms with van der Waals surface area (Å²) in [5.74, 6) is 0.486. The Morgan fingerprint density at radius 2 is 2.40 bits per heavy atom. The van der Waals surface area contributed by atoms with Crippen molar-refractivity contribution in [3.8, 4) is 5.88 Å². The van der Waals surface area contributed by atoms with Gasteiger partial charge in [0.1, 0.15) is 0 Å². The van der Waals surface area contributed by atoms with Crippen LogP contribution in [0.2, 0.25) is 0 Å². The number of hydrogen-bond donors (Lipinski definition) is 1. The van der Waals surface area contributed by atoms with E-state index in [-0.39, 0.29) is 0 Å². The molecule has 0 atom stereocenters. The molecular formula is C6H7IN2O. The number of aromatic nitrogens is 1. The number of hydrogen-bond acceptors (Lipinski definition) is 3. The summed E-state index contributed by atoms with van der Waals surface area (Å²) in [6, 6.07) is 1.81. The van der Waals surface area contributed by atoms with E-state index in [1.165, 1.54) is 0 Å². The van der Waals surface area contributed by atoms with E-state index in [0.29, 0.717) is 11.6 Å². The van der Waals surface area contributed by atoms with Crippen LogP contribution in [0, 0.1) is 3.57 Å². The van der Waals surface area contributed by atoms with Gasteiger partial charge in [0, 0.05) is 9.77 Å². The first-order valence-electron chi connectivity index (χ1n) is 2.69. The van der Waals surface area contributed by atoms with E-state index in [1.807, 2.05) is 6.07 Å². The molecule has 0 aromatic carbocycles. The normalized spacial score (nSPS) is 9.40. The topological polar surface area (TPSA) is 48.1 Å². The molecule has 0 saturated heterocycles. The van der Waals surface area contributed by atoms with Gasteiger partial charge < -0.3 is 10.5 Å². The zero-order chi connectivity index (χ0) is 7.56. The van der Waals surface area contributed by atoms with E-state index in [4.69, 9.17) is 10.5 Å². The van der Waals surface area contributed by atoms with Crippen molar-refractivity contribution >= 4 is 28.3 Å². The van der Waals surface area contributed by atoms with Gasteiger partial charge in [-0.15, -0.1) is 0 Å². The minimum atomic E-state index is 0.486. The average Bonchev–Trinajstić information content (AvgIpc) is 1.88. The maximum Gasteiger partial charge on any atom is 0.236 e. The SMILES string of the molecule is COc1ncc(I)cc1N. The fourth-order valence-corrected chi connectivity index (χ4v) is 1.09. The van der Waals surface area contributed by atoms with Gasteiger partial charge in [0.05, 0.1) is 12.8 Å². The van der Waals surface area contributed by atoms with Crippen molar-refractivity contribution in [2.45, 2.75) is 0 Å². The van der Waals surface area contributed by atoms with E-state index in [0.717, 1.165) is 3.57 Å². The van der Waals surface area contributed by atoms with Crippen LogP contribution in [0.1, 0.15) is 0 Å². The molecule has 4 heteroatoms. The molecule has 10 heavy (non-hydrogen) atoms. The lowest BCUT2D eigenvalue weighted by atomic mass is 10.4. The van der Waals surface area contributed by atoms with Crippen molar-refractivity contribution in [1.29, 1.82) is 0 Å². The number of rotatable bonds is 1. The smallest absolute Gasteiger partial charge is 0.236 e. The van der Waals surface area contributed by atoms with Crippen LogP contribution in [0.3, 0.4) is 0 Å². The Morgan fingerprint density at radius 1 is 1.70 bits per heavy atom. The molecule has 0 aliphatic carbocycles. The third-order valence-corrected chi connectivity index (χ3v) is 1.63. The summed E-state index contributed by atoms with van der Waals surface area (Å²) in [4.78, 5) is 3.94. The molecule has 0 radical (unpaired) electrons. The Balaban J connectivity index is 3.07. The average molecular weight is 250 g/mol. The second-order valence-corrected chi connectivity index (χ2v) is 3.00. The molecule has 1 aromatic rings. The van der Waals surface area contributed by atoms with E-state index >= 15 is 0 Å². The molecule has 0 unspecified atom stereocenters. The van der Waals surface area contributed by atoms with E-state index in [2.05, 4.69) is 27.6 Å². The standard InChI is InChI=1S/C6H7IN2O/c1-10-6-5(8)2-4(7)3-9-6/h2-3H,8H2,1H3. The van der Waals surface area contributed by atoms with Gasteiger partial charge in [-0.05, 0) is 28.7 Å². The summed E-state index contributed by atoms with van der Waals surface area (Å²) < 4.78 is 5.87. The summed E-state index contributed by atoms with van der Waals surface area (Å²) in [7, 11) is 1.55. The number of ether oxygens (including phenoxy) is 1. The zero-order valence-corrected chi connectivity index (χ0v) is 7.62. The maximum absolute atomic E-state index is 5.54. The highest BCUT2D eigenvalue weighted by molar-refractivity contribution is 14.1. The molecule has 2 N–H and O–H groups in total. The van der Waals surface area contributed by atoms with Gasteiger partial charge >= 0.3 is 0 Å². The molecule has 1 rings (SSSR count). The Labute approximate surface area is 72.7 Å². The molecule has 0 saturated carbocycles. The molecule has 0 fully saturated rings. The molecule has 0 aliphatic heterocycles. The number of anilines is 1. The summed E-state index contributed by atoms with van der Waals surface area (Å²) in [5.41, 5.74) is 6.12. The number of nitrogen functional groups attached to an aromatic ring is 1. The lowest BCUT2D eigenvalue weighted by Crippen LogP contribution is -1.95. The zero-order valence-electron chi connectivity index (χ0n) is 5.47. The van der Waals surface area contributed by atoms with Crippen LogP contribution in [-0.4, -0.2) is 12.1 Å². The minimum Gasteiger partial charge on any atom is -0.480 e. The number of nitrogens with zero attached hydrogens (tertiary/aromatic N) is 1. The number of pyridine rings is 1. The molecule has 54 valence electrons. The van der Waals surface area contributed by atoms with E-state index in [1.54, 1.807) is 13.3 Å². The van der Waals surface area contributed by atoms with Crippen LogP contribution < -0.4 is 10.5 Å². The maximum atomic E-state index is 5.54. The predicted octanol–water partition coefficient (Wildman–Crippen LogP) is 1.28. The molecule has 0 amide bonds. The first kappa shape index (κ1) is 7.59. The monoisotopic (exact) mass is 250 g/mol. The Bertz CT molecular complexity index is 239. The highest BCUT2D eigenvalue weighted by atomic mass is 127.